The van der Waals surface area contributed by atoms with Gasteiger partial charge in [0.25, 0.3) is 0 Å². The second-order valence-corrected chi connectivity index (χ2v) is 5.01. The van der Waals surface area contributed by atoms with Gasteiger partial charge in [0.2, 0.25) is 0 Å². The van der Waals surface area contributed by atoms with Gasteiger partial charge >= 0.3 is 0 Å². The predicted octanol–water partition coefficient (Wildman–Crippen LogP) is 2.19. The molecule has 1 aliphatic carbocycles. The Hall–Kier alpha value is -1.55. The second kappa shape index (κ2) is 5.40. The van der Waals surface area contributed by atoms with Gasteiger partial charge in [-0.05, 0) is 50.8 Å². The lowest BCUT2D eigenvalue weighted by Gasteiger charge is -2.27. The van der Waals surface area contributed by atoms with Gasteiger partial charge in [0.15, 0.2) is 5.78 Å². The minimum atomic E-state index is -0.152. The number of carbonyl (C=O) groups is 1. The van der Waals surface area contributed by atoms with Crippen LogP contribution in [0.15, 0.2) is 18.2 Å². The second-order valence-electron chi connectivity index (χ2n) is 5.01. The molecule has 0 heterocycles. The van der Waals surface area contributed by atoms with Crippen LogP contribution in [0.5, 0.6) is 0 Å². The zero-order valence-electron chi connectivity index (χ0n) is 10.6. The Kier molecular flexibility index (Phi) is 3.87. The van der Waals surface area contributed by atoms with Gasteiger partial charge in [-0.3, -0.25) is 4.79 Å². The molecule has 4 heteroatoms. The van der Waals surface area contributed by atoms with Crippen molar-refractivity contribution in [1.82, 2.24) is 0 Å². The van der Waals surface area contributed by atoms with Gasteiger partial charge < -0.3 is 16.2 Å². The SMILES string of the molecule is CC(=O)c1ccc(NC2CCC(O)CC2)c(N)c1. The van der Waals surface area contributed by atoms with E-state index in [0.717, 1.165) is 31.4 Å². The first kappa shape index (κ1) is 12.9. The molecular formula is C14H20N2O2. The normalized spacial score (nSPS) is 23.7. The average molecular weight is 248 g/mol. The molecular weight excluding hydrogens is 228 g/mol. The number of hydrogen-bond acceptors (Lipinski definition) is 4. The molecule has 0 spiro atoms. The van der Waals surface area contributed by atoms with Crippen molar-refractivity contribution >= 4 is 17.2 Å². The van der Waals surface area contributed by atoms with Gasteiger partial charge in [0, 0.05) is 11.6 Å². The molecule has 2 rings (SSSR count). The zero-order valence-corrected chi connectivity index (χ0v) is 10.6. The van der Waals surface area contributed by atoms with Crippen LogP contribution < -0.4 is 11.1 Å². The number of nitrogens with one attached hydrogen (secondary N) is 1. The lowest BCUT2D eigenvalue weighted by molar-refractivity contribution is 0.101. The number of carbonyl (C=O) groups excluding carboxylic acids is 1. The van der Waals surface area contributed by atoms with E-state index in [-0.39, 0.29) is 11.9 Å². The molecule has 1 aromatic carbocycles. The first-order valence-corrected chi connectivity index (χ1v) is 6.41. The lowest BCUT2D eigenvalue weighted by Crippen LogP contribution is -2.28. The number of Topliss-reactive ketones (excluding diaryl/α,β-unsaturated/α-hetero) is 1. The van der Waals surface area contributed by atoms with Crippen molar-refractivity contribution in [3.63, 3.8) is 0 Å². The number of anilines is 2. The van der Waals surface area contributed by atoms with E-state index < -0.39 is 0 Å². The van der Waals surface area contributed by atoms with Crippen LogP contribution in [0.4, 0.5) is 11.4 Å². The number of aliphatic hydroxyl groups excluding tert-OH is 1. The predicted molar refractivity (Wildman–Crippen MR) is 72.7 cm³/mol. The maximum absolute atomic E-state index is 11.2. The van der Waals surface area contributed by atoms with Crippen LogP contribution in [-0.2, 0) is 0 Å². The van der Waals surface area contributed by atoms with Crippen molar-refractivity contribution in [2.75, 3.05) is 11.1 Å². The number of aliphatic hydroxyl groups is 1. The summed E-state index contributed by atoms with van der Waals surface area (Å²) >= 11 is 0. The van der Waals surface area contributed by atoms with E-state index in [9.17, 15) is 9.90 Å². The third-order valence-corrected chi connectivity index (χ3v) is 3.51. The largest absolute Gasteiger partial charge is 0.397 e. The summed E-state index contributed by atoms with van der Waals surface area (Å²) in [5.74, 6) is 0.0223. The fourth-order valence-corrected chi connectivity index (χ4v) is 2.35. The van der Waals surface area contributed by atoms with E-state index >= 15 is 0 Å². The Morgan fingerprint density at radius 2 is 2.00 bits per heavy atom. The zero-order chi connectivity index (χ0) is 13.1. The van der Waals surface area contributed by atoms with E-state index in [2.05, 4.69) is 5.32 Å². The molecule has 1 fully saturated rings. The highest BCUT2D eigenvalue weighted by Gasteiger charge is 2.19. The Morgan fingerprint density at radius 3 is 2.56 bits per heavy atom. The molecule has 0 unspecified atom stereocenters. The van der Waals surface area contributed by atoms with Crippen molar-refractivity contribution in [3.05, 3.63) is 23.8 Å². The number of hydrogen-bond donors (Lipinski definition) is 3. The number of benzene rings is 1. The molecule has 1 aromatic rings. The maximum Gasteiger partial charge on any atom is 0.159 e. The van der Waals surface area contributed by atoms with Crippen molar-refractivity contribution in [2.24, 2.45) is 0 Å². The molecule has 0 radical (unpaired) electrons. The molecule has 0 saturated heterocycles. The summed E-state index contributed by atoms with van der Waals surface area (Å²) in [6.45, 7) is 1.53. The van der Waals surface area contributed by atoms with Crippen LogP contribution in [0.3, 0.4) is 0 Å². The van der Waals surface area contributed by atoms with Gasteiger partial charge in [-0.2, -0.15) is 0 Å². The molecule has 18 heavy (non-hydrogen) atoms. The summed E-state index contributed by atoms with van der Waals surface area (Å²) in [5.41, 5.74) is 8.06. The monoisotopic (exact) mass is 248 g/mol. The van der Waals surface area contributed by atoms with Gasteiger partial charge in [-0.15, -0.1) is 0 Å². The van der Waals surface area contributed by atoms with E-state index in [1.807, 2.05) is 6.07 Å². The van der Waals surface area contributed by atoms with Crippen molar-refractivity contribution in [2.45, 2.75) is 44.8 Å². The van der Waals surface area contributed by atoms with Crippen molar-refractivity contribution < 1.29 is 9.90 Å². The topological polar surface area (TPSA) is 75.3 Å². The Morgan fingerprint density at radius 1 is 1.33 bits per heavy atom. The molecule has 0 aliphatic heterocycles. The first-order chi connectivity index (χ1) is 8.56. The highest BCUT2D eigenvalue weighted by molar-refractivity contribution is 5.96. The summed E-state index contributed by atoms with van der Waals surface area (Å²) in [6.07, 6.45) is 3.43. The third-order valence-electron chi connectivity index (χ3n) is 3.51. The molecule has 4 nitrogen and oxygen atoms in total. The van der Waals surface area contributed by atoms with Crippen LogP contribution in [0.1, 0.15) is 43.0 Å². The van der Waals surface area contributed by atoms with E-state index in [1.165, 1.54) is 6.92 Å². The molecule has 0 bridgehead atoms. The van der Waals surface area contributed by atoms with Crippen LogP contribution in [0.25, 0.3) is 0 Å². The molecule has 4 N–H and O–H groups in total. The fourth-order valence-electron chi connectivity index (χ4n) is 2.35. The summed E-state index contributed by atoms with van der Waals surface area (Å²) < 4.78 is 0. The molecule has 98 valence electrons. The first-order valence-electron chi connectivity index (χ1n) is 6.41. The van der Waals surface area contributed by atoms with Crippen LogP contribution in [0, 0.1) is 0 Å². The van der Waals surface area contributed by atoms with Gasteiger partial charge in [-0.1, -0.05) is 0 Å². The minimum absolute atomic E-state index is 0.0223. The summed E-state index contributed by atoms with van der Waals surface area (Å²) in [4.78, 5) is 11.2. The average Bonchev–Trinajstić information content (AvgIpc) is 2.34. The Labute approximate surface area is 107 Å². The van der Waals surface area contributed by atoms with Crippen LogP contribution in [-0.4, -0.2) is 23.0 Å². The number of nitrogen functional groups attached to an aromatic ring is 1. The number of rotatable bonds is 3. The summed E-state index contributed by atoms with van der Waals surface area (Å²) in [7, 11) is 0. The Balaban J connectivity index is 2.03. The third kappa shape index (κ3) is 3.01. The highest BCUT2D eigenvalue weighted by Crippen LogP contribution is 2.26. The van der Waals surface area contributed by atoms with Gasteiger partial charge in [-0.25, -0.2) is 0 Å². The van der Waals surface area contributed by atoms with Crippen molar-refractivity contribution in [1.29, 1.82) is 0 Å². The van der Waals surface area contributed by atoms with E-state index in [0.29, 0.717) is 17.3 Å². The molecule has 0 amide bonds. The molecule has 0 aromatic heterocycles. The smallest absolute Gasteiger partial charge is 0.159 e. The van der Waals surface area contributed by atoms with Crippen LogP contribution in [0.2, 0.25) is 0 Å². The minimum Gasteiger partial charge on any atom is -0.397 e. The standard InChI is InChI=1S/C14H20N2O2/c1-9(17)10-2-7-14(13(15)8-10)16-11-3-5-12(18)6-4-11/h2,7-8,11-12,16,18H,3-6,15H2,1H3. The fraction of sp³-hybridized carbons (Fsp3) is 0.500. The van der Waals surface area contributed by atoms with Gasteiger partial charge in [0.1, 0.15) is 0 Å². The Bertz CT molecular complexity index is 437. The van der Waals surface area contributed by atoms with Crippen LogP contribution >= 0.6 is 0 Å². The summed E-state index contributed by atoms with van der Waals surface area (Å²) in [5, 5.41) is 12.8. The van der Waals surface area contributed by atoms with E-state index in [4.69, 9.17) is 5.73 Å². The van der Waals surface area contributed by atoms with E-state index in [1.54, 1.807) is 12.1 Å². The molecule has 1 aliphatic rings. The lowest BCUT2D eigenvalue weighted by atomic mass is 9.93. The summed E-state index contributed by atoms with van der Waals surface area (Å²) in [6, 6.07) is 5.72. The quantitative estimate of drug-likeness (QED) is 0.566. The molecule has 1 saturated carbocycles. The number of ketones is 1. The highest BCUT2D eigenvalue weighted by atomic mass is 16.3. The van der Waals surface area contributed by atoms with Gasteiger partial charge in [0.05, 0.1) is 17.5 Å². The maximum atomic E-state index is 11.2. The molecule has 0 atom stereocenters. The van der Waals surface area contributed by atoms with Crippen molar-refractivity contribution in [3.8, 4) is 0 Å². The number of nitrogens with two attached hydrogens (primary N) is 1.